The lowest BCUT2D eigenvalue weighted by atomic mass is 10.2. The van der Waals surface area contributed by atoms with Gasteiger partial charge in [0.25, 0.3) is 0 Å². The first kappa shape index (κ1) is 8.90. The molecular formula is C8H7BrN2OS. The van der Waals surface area contributed by atoms with Gasteiger partial charge in [0.2, 0.25) is 0 Å². The maximum Gasteiger partial charge on any atom is 0.138 e. The molecule has 5 heteroatoms. The lowest BCUT2D eigenvalue weighted by molar-refractivity contribution is 0.409. The molecule has 0 radical (unpaired) electrons. The van der Waals surface area contributed by atoms with E-state index in [2.05, 4.69) is 24.7 Å². The summed E-state index contributed by atoms with van der Waals surface area (Å²) in [6, 6.07) is 1.97. The van der Waals surface area contributed by atoms with Crippen molar-refractivity contribution >= 4 is 38.7 Å². The van der Waals surface area contributed by atoms with Crippen molar-refractivity contribution in [2.75, 3.05) is 7.11 Å². The van der Waals surface area contributed by atoms with Crippen molar-refractivity contribution in [3.05, 3.63) is 16.1 Å². The number of aromatic nitrogens is 2. The van der Waals surface area contributed by atoms with Crippen LogP contribution in [-0.4, -0.2) is 15.9 Å². The molecule has 0 amide bonds. The zero-order valence-corrected chi connectivity index (χ0v) is 9.57. The highest BCUT2D eigenvalue weighted by molar-refractivity contribution is 9.10. The van der Waals surface area contributed by atoms with E-state index >= 15 is 0 Å². The van der Waals surface area contributed by atoms with Crippen LogP contribution in [0.1, 0.15) is 5.56 Å². The van der Waals surface area contributed by atoms with Crippen LogP contribution in [0.4, 0.5) is 0 Å². The Kier molecular flexibility index (Phi) is 2.21. The summed E-state index contributed by atoms with van der Waals surface area (Å²) in [4.78, 5) is 0. The predicted molar refractivity (Wildman–Crippen MR) is 56.4 cm³/mol. The van der Waals surface area contributed by atoms with Gasteiger partial charge in [0.1, 0.15) is 16.8 Å². The fourth-order valence-electron chi connectivity index (χ4n) is 1.24. The van der Waals surface area contributed by atoms with E-state index in [1.54, 1.807) is 7.11 Å². The van der Waals surface area contributed by atoms with Crippen LogP contribution < -0.4 is 4.74 Å². The van der Waals surface area contributed by atoms with E-state index in [0.717, 1.165) is 26.8 Å². The van der Waals surface area contributed by atoms with Crippen molar-refractivity contribution in [3.8, 4) is 5.75 Å². The maximum atomic E-state index is 5.24. The number of nitrogens with zero attached hydrogens (tertiary/aromatic N) is 2. The van der Waals surface area contributed by atoms with Crippen LogP contribution in [0.2, 0.25) is 0 Å². The number of aryl methyl sites for hydroxylation is 1. The van der Waals surface area contributed by atoms with Gasteiger partial charge in [0, 0.05) is 0 Å². The zero-order chi connectivity index (χ0) is 9.42. The second-order valence-corrected chi connectivity index (χ2v) is 3.99. The van der Waals surface area contributed by atoms with Crippen LogP contribution in [0.5, 0.6) is 5.75 Å². The highest BCUT2D eigenvalue weighted by atomic mass is 79.9. The van der Waals surface area contributed by atoms with Gasteiger partial charge < -0.3 is 4.74 Å². The molecule has 0 aliphatic heterocycles. The monoisotopic (exact) mass is 258 g/mol. The summed E-state index contributed by atoms with van der Waals surface area (Å²) in [5.74, 6) is 0.834. The van der Waals surface area contributed by atoms with Crippen LogP contribution in [0, 0.1) is 6.92 Å². The minimum absolute atomic E-state index is 0.834. The fourth-order valence-corrected chi connectivity index (χ4v) is 2.66. The van der Waals surface area contributed by atoms with Crippen LogP contribution in [0.3, 0.4) is 0 Å². The smallest absolute Gasteiger partial charge is 0.138 e. The number of methoxy groups -OCH3 is 1. The third kappa shape index (κ3) is 1.32. The van der Waals surface area contributed by atoms with Gasteiger partial charge in [0.15, 0.2) is 0 Å². The lowest BCUT2D eigenvalue weighted by Crippen LogP contribution is -1.89. The van der Waals surface area contributed by atoms with Crippen LogP contribution in [0.15, 0.2) is 10.5 Å². The standard InChI is InChI=1S/C8H7BrN2OS/c1-4-3-5-7(11-13-10-5)6(9)8(4)12-2/h3H,1-2H3. The molecule has 3 nitrogen and oxygen atoms in total. The molecule has 0 aliphatic carbocycles. The summed E-state index contributed by atoms with van der Waals surface area (Å²) >= 11 is 4.66. The number of rotatable bonds is 1. The predicted octanol–water partition coefficient (Wildman–Crippen LogP) is 2.77. The molecule has 0 atom stereocenters. The van der Waals surface area contributed by atoms with Gasteiger partial charge in [0.05, 0.1) is 23.3 Å². The molecule has 0 bridgehead atoms. The molecule has 0 N–H and O–H groups in total. The van der Waals surface area contributed by atoms with E-state index in [0.29, 0.717) is 0 Å². The summed E-state index contributed by atoms with van der Waals surface area (Å²) in [6.07, 6.45) is 0. The normalized spacial score (nSPS) is 10.7. The van der Waals surface area contributed by atoms with E-state index in [4.69, 9.17) is 4.74 Å². The van der Waals surface area contributed by atoms with Gasteiger partial charge in [-0.25, -0.2) is 0 Å². The van der Waals surface area contributed by atoms with Crippen molar-refractivity contribution in [2.24, 2.45) is 0 Å². The van der Waals surface area contributed by atoms with E-state index in [1.165, 1.54) is 11.7 Å². The summed E-state index contributed by atoms with van der Waals surface area (Å²) in [6.45, 7) is 1.99. The molecule has 13 heavy (non-hydrogen) atoms. The van der Waals surface area contributed by atoms with Gasteiger partial charge in [-0.2, -0.15) is 8.75 Å². The number of fused-ring (bicyclic) bond motifs is 1. The Bertz CT molecular complexity index is 455. The number of hydrogen-bond donors (Lipinski definition) is 0. The number of halogens is 1. The minimum Gasteiger partial charge on any atom is -0.495 e. The number of benzene rings is 1. The molecule has 0 spiro atoms. The van der Waals surface area contributed by atoms with Gasteiger partial charge in [-0.3, -0.25) is 0 Å². The Morgan fingerprint density at radius 2 is 2.23 bits per heavy atom. The summed E-state index contributed by atoms with van der Waals surface area (Å²) < 4.78 is 14.5. The summed E-state index contributed by atoms with van der Waals surface area (Å²) in [5.41, 5.74) is 2.84. The first-order valence-corrected chi connectivity index (χ1v) is 5.21. The molecule has 0 saturated heterocycles. The van der Waals surface area contributed by atoms with E-state index in [9.17, 15) is 0 Å². The van der Waals surface area contributed by atoms with E-state index in [-0.39, 0.29) is 0 Å². The van der Waals surface area contributed by atoms with Crippen molar-refractivity contribution in [1.82, 2.24) is 8.75 Å². The molecule has 0 fully saturated rings. The molecule has 0 unspecified atom stereocenters. The molecule has 1 aromatic carbocycles. The average molecular weight is 259 g/mol. The summed E-state index contributed by atoms with van der Waals surface area (Å²) in [7, 11) is 1.65. The first-order valence-electron chi connectivity index (χ1n) is 3.69. The van der Waals surface area contributed by atoms with Crippen molar-refractivity contribution in [3.63, 3.8) is 0 Å². The topological polar surface area (TPSA) is 35.0 Å². The van der Waals surface area contributed by atoms with Crippen LogP contribution in [-0.2, 0) is 0 Å². The second kappa shape index (κ2) is 3.23. The number of hydrogen-bond acceptors (Lipinski definition) is 4. The van der Waals surface area contributed by atoms with Gasteiger partial charge in [-0.05, 0) is 34.5 Å². The zero-order valence-electron chi connectivity index (χ0n) is 7.17. The maximum absolute atomic E-state index is 5.24. The molecule has 1 heterocycles. The Morgan fingerprint density at radius 3 is 2.92 bits per heavy atom. The molecule has 1 aromatic heterocycles. The highest BCUT2D eigenvalue weighted by Gasteiger charge is 2.11. The number of ether oxygens (including phenoxy) is 1. The Morgan fingerprint density at radius 1 is 1.46 bits per heavy atom. The molecule has 0 aliphatic rings. The second-order valence-electron chi connectivity index (χ2n) is 2.67. The van der Waals surface area contributed by atoms with Gasteiger partial charge in [-0.15, -0.1) is 0 Å². The van der Waals surface area contributed by atoms with Gasteiger partial charge in [-0.1, -0.05) is 0 Å². The molecule has 68 valence electrons. The quantitative estimate of drug-likeness (QED) is 0.789. The lowest BCUT2D eigenvalue weighted by Gasteiger charge is -2.06. The third-order valence-electron chi connectivity index (χ3n) is 1.84. The molecular weight excluding hydrogens is 252 g/mol. The SMILES string of the molecule is COc1c(C)cc2nsnc2c1Br. The fraction of sp³-hybridized carbons (Fsp3) is 0.250. The molecule has 2 rings (SSSR count). The molecule has 0 saturated carbocycles. The van der Waals surface area contributed by atoms with Crippen LogP contribution in [0.25, 0.3) is 11.0 Å². The van der Waals surface area contributed by atoms with E-state index < -0.39 is 0 Å². The Balaban J connectivity index is 2.85. The van der Waals surface area contributed by atoms with Gasteiger partial charge >= 0.3 is 0 Å². The van der Waals surface area contributed by atoms with E-state index in [1.807, 2.05) is 13.0 Å². The average Bonchev–Trinajstić information content (AvgIpc) is 2.53. The highest BCUT2D eigenvalue weighted by Crippen LogP contribution is 2.34. The summed E-state index contributed by atoms with van der Waals surface area (Å²) in [5, 5.41) is 0. The third-order valence-corrected chi connectivity index (χ3v) is 3.11. The minimum atomic E-state index is 0.834. The van der Waals surface area contributed by atoms with Crippen molar-refractivity contribution in [1.29, 1.82) is 0 Å². The van der Waals surface area contributed by atoms with Crippen molar-refractivity contribution < 1.29 is 4.74 Å². The van der Waals surface area contributed by atoms with Crippen LogP contribution >= 0.6 is 27.7 Å². The first-order chi connectivity index (χ1) is 6.24. The molecule has 2 aromatic rings. The van der Waals surface area contributed by atoms with Crippen molar-refractivity contribution in [2.45, 2.75) is 6.92 Å². The largest absolute Gasteiger partial charge is 0.495 e. The Hall–Kier alpha value is -0.680. The Labute approximate surface area is 88.2 Å².